The maximum atomic E-state index is 12.3. The monoisotopic (exact) mass is 349 g/mol. The van der Waals surface area contributed by atoms with E-state index >= 15 is 0 Å². The highest BCUT2D eigenvalue weighted by molar-refractivity contribution is 7.52. The standard InChI is InChI=1S/C16H16NO6P/c1-19-22-24(18,23-20-2)11-12-7-9-13(10-8-12)16-17-14-5-3-4-6-15(14)21-16/h3-10H,11H2,1-2H3. The lowest BCUT2D eigenvalue weighted by atomic mass is 10.1. The van der Waals surface area contributed by atoms with Crippen molar-refractivity contribution in [3.63, 3.8) is 0 Å². The van der Waals surface area contributed by atoms with Gasteiger partial charge < -0.3 is 4.42 Å². The third-order valence-electron chi connectivity index (χ3n) is 3.25. The summed E-state index contributed by atoms with van der Waals surface area (Å²) < 4.78 is 27.5. The molecule has 2 aromatic carbocycles. The van der Waals surface area contributed by atoms with Crippen LogP contribution in [0.5, 0.6) is 0 Å². The van der Waals surface area contributed by atoms with Crippen molar-refractivity contribution in [1.29, 1.82) is 0 Å². The van der Waals surface area contributed by atoms with Gasteiger partial charge in [0.05, 0.1) is 20.4 Å². The number of hydrogen-bond donors (Lipinski definition) is 0. The number of para-hydroxylation sites is 2. The predicted octanol–water partition coefficient (Wildman–Crippen LogP) is 4.34. The largest absolute Gasteiger partial charge is 0.436 e. The Morgan fingerprint density at radius 3 is 2.29 bits per heavy atom. The summed E-state index contributed by atoms with van der Waals surface area (Å²) in [5.74, 6) is 0.521. The van der Waals surface area contributed by atoms with Crippen LogP contribution >= 0.6 is 7.60 Å². The molecule has 3 rings (SSSR count). The van der Waals surface area contributed by atoms with Crippen LogP contribution in [0.2, 0.25) is 0 Å². The van der Waals surface area contributed by atoms with Crippen LogP contribution in [-0.2, 0) is 29.9 Å². The normalized spacial score (nSPS) is 11.9. The van der Waals surface area contributed by atoms with Crippen LogP contribution in [-0.4, -0.2) is 19.2 Å². The van der Waals surface area contributed by atoms with Gasteiger partial charge in [-0.2, -0.15) is 0 Å². The molecule has 7 nitrogen and oxygen atoms in total. The second-order valence-corrected chi connectivity index (χ2v) is 6.77. The Morgan fingerprint density at radius 1 is 1.00 bits per heavy atom. The summed E-state index contributed by atoms with van der Waals surface area (Å²) in [6.07, 6.45) is 0.00250. The number of aromatic nitrogens is 1. The molecule has 3 aromatic rings. The van der Waals surface area contributed by atoms with E-state index < -0.39 is 7.60 Å². The Kier molecular flexibility index (Phi) is 5.08. The quantitative estimate of drug-likeness (QED) is 0.356. The molecule has 0 unspecified atom stereocenters. The van der Waals surface area contributed by atoms with E-state index in [1.165, 1.54) is 14.2 Å². The van der Waals surface area contributed by atoms with E-state index in [1.807, 2.05) is 36.4 Å². The fourth-order valence-corrected chi connectivity index (χ4v) is 3.51. The van der Waals surface area contributed by atoms with Gasteiger partial charge in [-0.05, 0) is 29.8 Å². The molecule has 0 atom stereocenters. The maximum Gasteiger partial charge on any atom is 0.388 e. The Bertz CT molecular complexity index is 817. The van der Waals surface area contributed by atoms with Crippen LogP contribution in [0.3, 0.4) is 0 Å². The molecule has 126 valence electrons. The number of hydrogen-bond acceptors (Lipinski definition) is 7. The second kappa shape index (κ2) is 7.25. The second-order valence-electron chi connectivity index (χ2n) is 4.94. The molecule has 0 aliphatic heterocycles. The molecular formula is C16H16NO6P. The Morgan fingerprint density at radius 2 is 1.67 bits per heavy atom. The van der Waals surface area contributed by atoms with Crippen LogP contribution in [0.15, 0.2) is 52.9 Å². The molecule has 1 aromatic heterocycles. The summed E-state index contributed by atoms with van der Waals surface area (Å²) in [5, 5.41) is 0. The van der Waals surface area contributed by atoms with E-state index in [4.69, 9.17) is 13.8 Å². The van der Waals surface area contributed by atoms with Crippen molar-refractivity contribution >= 4 is 18.7 Å². The fraction of sp³-hybridized carbons (Fsp3) is 0.188. The first-order chi connectivity index (χ1) is 11.6. The number of benzene rings is 2. The minimum atomic E-state index is -3.54. The summed E-state index contributed by atoms with van der Waals surface area (Å²) in [7, 11) is -1.03. The van der Waals surface area contributed by atoms with E-state index in [-0.39, 0.29) is 6.16 Å². The molecule has 1 heterocycles. The van der Waals surface area contributed by atoms with Crippen molar-refractivity contribution in [3.05, 3.63) is 54.1 Å². The lowest BCUT2D eigenvalue weighted by Gasteiger charge is -2.13. The minimum absolute atomic E-state index is 0.00250. The van der Waals surface area contributed by atoms with E-state index in [0.29, 0.717) is 5.89 Å². The Hall–Kier alpha value is -2.02. The maximum absolute atomic E-state index is 12.3. The van der Waals surface area contributed by atoms with Gasteiger partial charge in [0, 0.05) is 5.56 Å². The lowest BCUT2D eigenvalue weighted by Crippen LogP contribution is -1.98. The van der Waals surface area contributed by atoms with E-state index in [0.717, 1.165) is 22.2 Å². The molecule has 0 aliphatic rings. The summed E-state index contributed by atoms with van der Waals surface area (Å²) in [4.78, 5) is 13.4. The van der Waals surface area contributed by atoms with Gasteiger partial charge in [0.1, 0.15) is 5.52 Å². The molecular weight excluding hydrogens is 333 g/mol. The van der Waals surface area contributed by atoms with Gasteiger partial charge in [0.25, 0.3) is 0 Å². The van der Waals surface area contributed by atoms with Crippen molar-refractivity contribution in [2.45, 2.75) is 6.16 Å². The van der Waals surface area contributed by atoms with Crippen molar-refractivity contribution in [2.24, 2.45) is 0 Å². The van der Waals surface area contributed by atoms with Gasteiger partial charge in [-0.1, -0.05) is 24.3 Å². The highest BCUT2D eigenvalue weighted by Gasteiger charge is 2.27. The Balaban J connectivity index is 1.81. The number of nitrogens with zero attached hydrogens (tertiary/aromatic N) is 1. The minimum Gasteiger partial charge on any atom is -0.436 e. The van der Waals surface area contributed by atoms with Gasteiger partial charge in [-0.3, -0.25) is 4.57 Å². The van der Waals surface area contributed by atoms with Gasteiger partial charge >= 0.3 is 7.60 Å². The first kappa shape index (κ1) is 16.8. The summed E-state index contributed by atoms with van der Waals surface area (Å²) >= 11 is 0. The fourth-order valence-electron chi connectivity index (χ4n) is 2.26. The Labute approximate surface area is 138 Å². The van der Waals surface area contributed by atoms with Crippen molar-refractivity contribution in [3.8, 4) is 11.5 Å². The van der Waals surface area contributed by atoms with Crippen LogP contribution in [0.4, 0.5) is 0 Å². The van der Waals surface area contributed by atoms with Crippen molar-refractivity contribution < 1.29 is 28.1 Å². The third kappa shape index (κ3) is 3.72. The van der Waals surface area contributed by atoms with E-state index in [1.54, 1.807) is 12.1 Å². The number of rotatable bonds is 7. The van der Waals surface area contributed by atoms with E-state index in [9.17, 15) is 4.57 Å². The van der Waals surface area contributed by atoms with Gasteiger partial charge in [0.15, 0.2) is 5.58 Å². The van der Waals surface area contributed by atoms with Crippen LogP contribution in [0.25, 0.3) is 22.6 Å². The zero-order valence-electron chi connectivity index (χ0n) is 13.2. The van der Waals surface area contributed by atoms with Gasteiger partial charge in [0.2, 0.25) is 5.89 Å². The smallest absolute Gasteiger partial charge is 0.388 e. The number of fused-ring (bicyclic) bond motifs is 1. The predicted molar refractivity (Wildman–Crippen MR) is 86.9 cm³/mol. The summed E-state index contributed by atoms with van der Waals surface area (Å²) in [6.45, 7) is 0. The topological polar surface area (TPSA) is 80.0 Å². The molecule has 0 spiro atoms. The average Bonchev–Trinajstić information content (AvgIpc) is 3.00. The molecule has 0 N–H and O–H groups in total. The third-order valence-corrected chi connectivity index (χ3v) is 4.75. The SMILES string of the molecule is COOP(=O)(Cc1ccc(-c2nc3ccccc3o2)cc1)OOC. The van der Waals surface area contributed by atoms with Crippen molar-refractivity contribution in [1.82, 2.24) is 4.98 Å². The van der Waals surface area contributed by atoms with E-state index in [2.05, 4.69) is 14.8 Å². The molecule has 0 radical (unpaired) electrons. The zero-order chi connectivity index (χ0) is 17.0. The molecule has 0 saturated heterocycles. The van der Waals surface area contributed by atoms with Gasteiger partial charge in [-0.15, -0.1) is 9.35 Å². The highest BCUT2D eigenvalue weighted by Crippen LogP contribution is 2.51. The molecule has 0 bridgehead atoms. The van der Waals surface area contributed by atoms with Crippen LogP contribution in [0, 0.1) is 0 Å². The lowest BCUT2D eigenvalue weighted by molar-refractivity contribution is -0.242. The molecule has 0 aliphatic carbocycles. The molecule has 0 saturated carbocycles. The van der Waals surface area contributed by atoms with Gasteiger partial charge in [-0.25, -0.2) is 14.8 Å². The molecule has 8 heteroatoms. The van der Waals surface area contributed by atoms with Crippen LogP contribution < -0.4 is 0 Å². The molecule has 24 heavy (non-hydrogen) atoms. The molecule has 0 fully saturated rings. The molecule has 0 amide bonds. The highest BCUT2D eigenvalue weighted by atomic mass is 31.2. The van der Waals surface area contributed by atoms with Crippen molar-refractivity contribution in [2.75, 3.05) is 14.2 Å². The zero-order valence-corrected chi connectivity index (χ0v) is 14.1. The first-order valence-electron chi connectivity index (χ1n) is 7.12. The van der Waals surface area contributed by atoms with Crippen LogP contribution in [0.1, 0.15) is 5.56 Å². The summed E-state index contributed by atoms with van der Waals surface area (Å²) in [6, 6.07) is 14.8. The average molecular weight is 349 g/mol. The summed E-state index contributed by atoms with van der Waals surface area (Å²) in [5.41, 5.74) is 3.06. The first-order valence-corrected chi connectivity index (χ1v) is 8.85. The number of oxazole rings is 1.